The average molecular weight is 404 g/mol. The van der Waals surface area contributed by atoms with E-state index in [1.165, 1.54) is 4.88 Å². The third kappa shape index (κ3) is 4.25. The molecule has 3 aromatic heterocycles. The van der Waals surface area contributed by atoms with Crippen molar-refractivity contribution < 1.29 is 4.79 Å². The second-order valence-electron chi connectivity index (χ2n) is 6.75. The van der Waals surface area contributed by atoms with Crippen LogP contribution in [0.4, 0.5) is 11.6 Å². The van der Waals surface area contributed by atoms with Gasteiger partial charge in [-0.05, 0) is 37.1 Å². The summed E-state index contributed by atoms with van der Waals surface area (Å²) < 4.78 is 0. The van der Waals surface area contributed by atoms with Crippen LogP contribution in [0.3, 0.4) is 0 Å². The molecule has 29 heavy (non-hydrogen) atoms. The molecule has 1 amide bonds. The van der Waals surface area contributed by atoms with E-state index in [9.17, 15) is 4.79 Å². The zero-order valence-corrected chi connectivity index (χ0v) is 17.1. The molecule has 0 atom stereocenters. The summed E-state index contributed by atoms with van der Waals surface area (Å²) in [5.74, 6) is 1.23. The maximum Gasteiger partial charge on any atom is 0.227 e. The molecule has 0 unspecified atom stereocenters. The molecule has 146 valence electrons. The Hall–Kier alpha value is -3.32. The number of nitrogens with one attached hydrogen (secondary N) is 2. The van der Waals surface area contributed by atoms with Gasteiger partial charge in [-0.1, -0.05) is 30.3 Å². The number of pyridine rings is 1. The first-order valence-corrected chi connectivity index (χ1v) is 10.2. The van der Waals surface area contributed by atoms with Gasteiger partial charge < -0.3 is 10.6 Å². The van der Waals surface area contributed by atoms with Gasteiger partial charge in [-0.15, -0.1) is 11.3 Å². The maximum atomic E-state index is 12.2. The van der Waals surface area contributed by atoms with Gasteiger partial charge in [-0.2, -0.15) is 0 Å². The number of hydrogen-bond acceptors (Lipinski definition) is 6. The topological polar surface area (TPSA) is 79.8 Å². The minimum atomic E-state index is -0.0920. The van der Waals surface area contributed by atoms with Crippen LogP contribution in [0.15, 0.2) is 55.0 Å². The van der Waals surface area contributed by atoms with Gasteiger partial charge in [0.1, 0.15) is 22.8 Å². The van der Waals surface area contributed by atoms with Crippen molar-refractivity contribution in [3.05, 3.63) is 65.4 Å². The van der Waals surface area contributed by atoms with Crippen molar-refractivity contribution in [2.24, 2.45) is 0 Å². The number of fused-ring (bicyclic) bond motifs is 1. The van der Waals surface area contributed by atoms with E-state index in [2.05, 4.69) is 44.6 Å². The summed E-state index contributed by atoms with van der Waals surface area (Å²) in [6.45, 7) is 4.53. The van der Waals surface area contributed by atoms with E-state index in [0.29, 0.717) is 18.8 Å². The van der Waals surface area contributed by atoms with Crippen molar-refractivity contribution in [2.75, 3.05) is 17.2 Å². The van der Waals surface area contributed by atoms with Crippen LogP contribution in [0.25, 0.3) is 21.3 Å². The number of hydrogen-bond donors (Lipinski definition) is 2. The van der Waals surface area contributed by atoms with Crippen molar-refractivity contribution in [1.82, 2.24) is 15.0 Å². The summed E-state index contributed by atoms with van der Waals surface area (Å²) in [5.41, 5.74) is 3.33. The SMILES string of the molecule is Cc1ccnc(NC(=O)CCNc2ncnc3sc(C)c(-c4ccccc4)c23)c1. The monoisotopic (exact) mass is 403 g/mol. The lowest BCUT2D eigenvalue weighted by atomic mass is 10.0. The molecule has 0 fully saturated rings. The lowest BCUT2D eigenvalue weighted by molar-refractivity contribution is -0.116. The van der Waals surface area contributed by atoms with E-state index in [0.717, 1.165) is 32.7 Å². The van der Waals surface area contributed by atoms with Crippen molar-refractivity contribution in [1.29, 1.82) is 0 Å². The average Bonchev–Trinajstić information content (AvgIpc) is 3.05. The highest BCUT2D eigenvalue weighted by Crippen LogP contribution is 2.40. The molecule has 4 aromatic rings. The fraction of sp³-hybridized carbons (Fsp3) is 0.182. The first-order valence-electron chi connectivity index (χ1n) is 9.37. The smallest absolute Gasteiger partial charge is 0.227 e. The molecule has 2 N–H and O–H groups in total. The first kappa shape index (κ1) is 19.0. The fourth-order valence-electron chi connectivity index (χ4n) is 3.23. The molecule has 1 aromatic carbocycles. The summed E-state index contributed by atoms with van der Waals surface area (Å²) in [6.07, 6.45) is 3.56. The van der Waals surface area contributed by atoms with Gasteiger partial charge in [0.2, 0.25) is 5.91 Å². The number of aryl methyl sites for hydroxylation is 2. The zero-order valence-electron chi connectivity index (χ0n) is 16.3. The van der Waals surface area contributed by atoms with Gasteiger partial charge in [0.15, 0.2) is 0 Å². The van der Waals surface area contributed by atoms with Crippen LogP contribution in [-0.2, 0) is 4.79 Å². The van der Waals surface area contributed by atoms with E-state index >= 15 is 0 Å². The number of amides is 1. The van der Waals surface area contributed by atoms with Crippen molar-refractivity contribution in [2.45, 2.75) is 20.3 Å². The third-order valence-corrected chi connectivity index (χ3v) is 5.57. The highest BCUT2D eigenvalue weighted by atomic mass is 32.1. The van der Waals surface area contributed by atoms with Gasteiger partial charge in [0.25, 0.3) is 0 Å². The van der Waals surface area contributed by atoms with E-state index in [1.54, 1.807) is 23.9 Å². The predicted octanol–water partition coefficient (Wildman–Crippen LogP) is 4.81. The number of benzene rings is 1. The van der Waals surface area contributed by atoms with Crippen LogP contribution in [0.2, 0.25) is 0 Å². The summed E-state index contributed by atoms with van der Waals surface area (Å²) in [7, 11) is 0. The van der Waals surface area contributed by atoms with Crippen LogP contribution in [0.5, 0.6) is 0 Å². The second kappa shape index (κ2) is 8.36. The summed E-state index contributed by atoms with van der Waals surface area (Å²) >= 11 is 1.65. The Morgan fingerprint density at radius 1 is 1.07 bits per heavy atom. The predicted molar refractivity (Wildman–Crippen MR) is 118 cm³/mol. The molecule has 0 aliphatic heterocycles. The van der Waals surface area contributed by atoms with E-state index in [1.807, 2.05) is 37.3 Å². The lowest BCUT2D eigenvalue weighted by Gasteiger charge is -2.09. The van der Waals surface area contributed by atoms with Crippen LogP contribution in [-0.4, -0.2) is 27.4 Å². The number of anilines is 2. The normalized spacial score (nSPS) is 10.8. The van der Waals surface area contributed by atoms with Crippen LogP contribution in [0.1, 0.15) is 16.9 Å². The largest absolute Gasteiger partial charge is 0.369 e. The molecule has 0 radical (unpaired) electrons. The molecule has 7 heteroatoms. The van der Waals surface area contributed by atoms with Crippen LogP contribution < -0.4 is 10.6 Å². The lowest BCUT2D eigenvalue weighted by Crippen LogP contribution is -2.17. The first-order chi connectivity index (χ1) is 14.1. The summed E-state index contributed by atoms with van der Waals surface area (Å²) in [4.78, 5) is 27.4. The Morgan fingerprint density at radius 2 is 1.90 bits per heavy atom. The second-order valence-corrected chi connectivity index (χ2v) is 7.95. The van der Waals surface area contributed by atoms with Gasteiger partial charge in [0, 0.05) is 29.6 Å². The summed E-state index contributed by atoms with van der Waals surface area (Å²) in [6, 6.07) is 14.0. The number of rotatable bonds is 6. The quantitative estimate of drug-likeness (QED) is 0.483. The van der Waals surface area contributed by atoms with Crippen molar-refractivity contribution >= 4 is 39.1 Å². The van der Waals surface area contributed by atoms with Gasteiger partial charge in [0.05, 0.1) is 5.39 Å². The van der Waals surface area contributed by atoms with Crippen LogP contribution in [0, 0.1) is 13.8 Å². The van der Waals surface area contributed by atoms with Gasteiger partial charge >= 0.3 is 0 Å². The van der Waals surface area contributed by atoms with Gasteiger partial charge in [-0.25, -0.2) is 15.0 Å². The summed E-state index contributed by atoms with van der Waals surface area (Å²) in [5, 5.41) is 7.14. The molecular formula is C22H21N5OS. The Bertz CT molecular complexity index is 1160. The molecule has 0 aliphatic rings. The Kier molecular flexibility index (Phi) is 5.48. The molecule has 6 nitrogen and oxygen atoms in total. The highest BCUT2D eigenvalue weighted by Gasteiger charge is 2.16. The fourth-order valence-corrected chi connectivity index (χ4v) is 4.25. The molecule has 3 heterocycles. The number of thiophene rings is 1. The molecule has 0 aliphatic carbocycles. The maximum absolute atomic E-state index is 12.2. The Morgan fingerprint density at radius 3 is 2.69 bits per heavy atom. The molecular weight excluding hydrogens is 382 g/mol. The molecule has 4 rings (SSSR count). The Labute approximate surface area is 173 Å². The zero-order chi connectivity index (χ0) is 20.2. The number of carbonyl (C=O) groups excluding carboxylic acids is 1. The van der Waals surface area contributed by atoms with Crippen molar-refractivity contribution in [3.63, 3.8) is 0 Å². The highest BCUT2D eigenvalue weighted by molar-refractivity contribution is 7.19. The van der Waals surface area contributed by atoms with E-state index in [-0.39, 0.29) is 5.91 Å². The third-order valence-electron chi connectivity index (χ3n) is 4.55. The number of aromatic nitrogens is 3. The molecule has 0 saturated carbocycles. The standard InChI is InChI=1S/C22H21N5OS/c1-14-8-10-23-17(12-14)27-18(28)9-11-24-21-20-19(16-6-4-3-5-7-16)15(2)29-22(20)26-13-25-21/h3-8,10,12-13H,9,11H2,1-2H3,(H,23,27,28)(H,24,25,26). The molecule has 0 bridgehead atoms. The minimum Gasteiger partial charge on any atom is -0.369 e. The van der Waals surface area contributed by atoms with Gasteiger partial charge in [-0.3, -0.25) is 4.79 Å². The number of carbonyl (C=O) groups is 1. The van der Waals surface area contributed by atoms with Crippen molar-refractivity contribution in [3.8, 4) is 11.1 Å². The van der Waals surface area contributed by atoms with E-state index < -0.39 is 0 Å². The van der Waals surface area contributed by atoms with E-state index in [4.69, 9.17) is 0 Å². The minimum absolute atomic E-state index is 0.0920. The number of nitrogens with zero attached hydrogens (tertiary/aromatic N) is 3. The Balaban J connectivity index is 1.50. The molecule has 0 saturated heterocycles. The molecule has 0 spiro atoms. The van der Waals surface area contributed by atoms with Crippen LogP contribution >= 0.6 is 11.3 Å².